The number of hydrogen-bond donors (Lipinski definition) is 2. The van der Waals surface area contributed by atoms with Gasteiger partial charge in [-0.25, -0.2) is 0 Å². The van der Waals surface area contributed by atoms with Gasteiger partial charge in [0.1, 0.15) is 6.04 Å². The number of rotatable bonds is 6. The molecule has 0 radical (unpaired) electrons. The maximum absolute atomic E-state index is 13.0. The van der Waals surface area contributed by atoms with Crippen LogP contribution in [0.5, 0.6) is 0 Å². The van der Waals surface area contributed by atoms with Gasteiger partial charge < -0.3 is 5.32 Å². The summed E-state index contributed by atoms with van der Waals surface area (Å²) in [4.78, 5) is 52.9. The molecule has 3 aliphatic rings. The van der Waals surface area contributed by atoms with E-state index in [9.17, 15) is 19.2 Å². The van der Waals surface area contributed by atoms with Gasteiger partial charge in [0.05, 0.1) is 11.1 Å². The molecule has 1 fully saturated rings. The standard InChI is InChI=1S/C21H26N4O4/c1-3-14(6-7-22-2)24-10-12-8-15-16(9-13(12)11-24)21(29)25(20(15)28)17-4-5-18(26)23-19(17)27/h8-9,14,17,22H,3-7,10-11H2,1-2H3,(H,23,26,27). The van der Waals surface area contributed by atoms with E-state index >= 15 is 0 Å². The van der Waals surface area contributed by atoms with Gasteiger partial charge in [-0.05, 0) is 56.1 Å². The smallest absolute Gasteiger partial charge is 0.262 e. The Morgan fingerprint density at radius 2 is 1.72 bits per heavy atom. The Balaban J connectivity index is 1.56. The molecule has 0 bridgehead atoms. The molecule has 0 aliphatic carbocycles. The number of piperidine rings is 1. The summed E-state index contributed by atoms with van der Waals surface area (Å²) in [6, 6.07) is 3.16. The van der Waals surface area contributed by atoms with Gasteiger partial charge in [0.25, 0.3) is 11.8 Å². The first-order chi connectivity index (χ1) is 13.9. The first kappa shape index (κ1) is 19.7. The van der Waals surface area contributed by atoms with Crippen molar-refractivity contribution in [2.75, 3.05) is 13.6 Å². The van der Waals surface area contributed by atoms with Crippen LogP contribution in [0.2, 0.25) is 0 Å². The molecule has 2 N–H and O–H groups in total. The van der Waals surface area contributed by atoms with Gasteiger partial charge in [0.2, 0.25) is 11.8 Å². The van der Waals surface area contributed by atoms with Crippen molar-refractivity contribution in [3.8, 4) is 0 Å². The van der Waals surface area contributed by atoms with Crippen LogP contribution in [-0.2, 0) is 22.7 Å². The van der Waals surface area contributed by atoms with E-state index in [1.54, 1.807) is 0 Å². The number of nitrogens with one attached hydrogen (secondary N) is 2. The highest BCUT2D eigenvalue weighted by Crippen LogP contribution is 2.34. The van der Waals surface area contributed by atoms with Crippen molar-refractivity contribution < 1.29 is 19.2 Å². The lowest BCUT2D eigenvalue weighted by Crippen LogP contribution is -2.54. The van der Waals surface area contributed by atoms with Crippen molar-refractivity contribution in [2.24, 2.45) is 0 Å². The maximum Gasteiger partial charge on any atom is 0.262 e. The van der Waals surface area contributed by atoms with Crippen LogP contribution in [0.25, 0.3) is 0 Å². The maximum atomic E-state index is 13.0. The minimum Gasteiger partial charge on any atom is -0.320 e. The van der Waals surface area contributed by atoms with Crippen LogP contribution in [-0.4, -0.2) is 59.1 Å². The number of hydrogen-bond acceptors (Lipinski definition) is 6. The Morgan fingerprint density at radius 3 is 2.24 bits per heavy atom. The molecule has 1 saturated heterocycles. The molecule has 3 heterocycles. The molecule has 1 aromatic carbocycles. The number of carbonyl (C=O) groups is 4. The summed E-state index contributed by atoms with van der Waals surface area (Å²) in [6.07, 6.45) is 2.38. The zero-order chi connectivity index (χ0) is 20.7. The van der Waals surface area contributed by atoms with E-state index in [0.29, 0.717) is 17.2 Å². The Kier molecular flexibility index (Phi) is 5.23. The molecule has 2 unspecified atom stereocenters. The van der Waals surface area contributed by atoms with E-state index < -0.39 is 23.8 Å². The summed E-state index contributed by atoms with van der Waals surface area (Å²) in [6.45, 7) is 4.63. The van der Waals surface area contributed by atoms with Crippen molar-refractivity contribution in [2.45, 2.75) is 57.8 Å². The second-order valence-electron chi connectivity index (χ2n) is 7.97. The third-order valence-electron chi connectivity index (χ3n) is 6.22. The number of imide groups is 2. The van der Waals surface area contributed by atoms with Crippen LogP contribution in [0.4, 0.5) is 0 Å². The molecule has 0 spiro atoms. The van der Waals surface area contributed by atoms with Gasteiger partial charge in [0.15, 0.2) is 0 Å². The second-order valence-corrected chi connectivity index (χ2v) is 7.97. The van der Waals surface area contributed by atoms with Gasteiger partial charge in [-0.15, -0.1) is 0 Å². The monoisotopic (exact) mass is 398 g/mol. The molecule has 2 atom stereocenters. The Hall–Kier alpha value is -2.58. The largest absolute Gasteiger partial charge is 0.320 e. The number of fused-ring (bicyclic) bond motifs is 2. The van der Waals surface area contributed by atoms with Gasteiger partial charge in [0, 0.05) is 25.6 Å². The summed E-state index contributed by atoms with van der Waals surface area (Å²) in [5, 5.41) is 5.42. The lowest BCUT2D eigenvalue weighted by atomic mass is 10.0. The topological polar surface area (TPSA) is 98.8 Å². The van der Waals surface area contributed by atoms with Crippen LogP contribution < -0.4 is 10.6 Å². The number of amides is 4. The summed E-state index contributed by atoms with van der Waals surface area (Å²) in [5.41, 5.74) is 2.86. The van der Waals surface area contributed by atoms with E-state index in [0.717, 1.165) is 48.5 Å². The third kappa shape index (κ3) is 3.36. The predicted octanol–water partition coefficient (Wildman–Crippen LogP) is 0.792. The van der Waals surface area contributed by atoms with Crippen LogP contribution in [0.1, 0.15) is 64.4 Å². The van der Waals surface area contributed by atoms with Crippen molar-refractivity contribution >= 4 is 23.6 Å². The van der Waals surface area contributed by atoms with Gasteiger partial charge in [-0.1, -0.05) is 6.92 Å². The van der Waals surface area contributed by atoms with E-state index in [1.165, 1.54) is 0 Å². The first-order valence-corrected chi connectivity index (χ1v) is 10.2. The molecule has 154 valence electrons. The van der Waals surface area contributed by atoms with E-state index in [-0.39, 0.29) is 18.7 Å². The van der Waals surface area contributed by atoms with Crippen LogP contribution in [0.15, 0.2) is 12.1 Å². The summed E-state index contributed by atoms with van der Waals surface area (Å²) < 4.78 is 0. The molecule has 3 aliphatic heterocycles. The lowest BCUT2D eigenvalue weighted by molar-refractivity contribution is -0.136. The second kappa shape index (κ2) is 7.68. The SMILES string of the molecule is CCC(CCNC)N1Cc2cc3c(cc2C1)C(=O)N(C1CCC(=O)NC1=O)C3=O. The van der Waals surface area contributed by atoms with E-state index in [1.807, 2.05) is 19.2 Å². The van der Waals surface area contributed by atoms with Crippen LogP contribution in [0.3, 0.4) is 0 Å². The van der Waals surface area contributed by atoms with Crippen molar-refractivity contribution in [3.05, 3.63) is 34.4 Å². The fourth-order valence-electron chi connectivity index (χ4n) is 4.61. The van der Waals surface area contributed by atoms with Gasteiger partial charge >= 0.3 is 0 Å². The molecular weight excluding hydrogens is 372 g/mol. The molecule has 0 aromatic heterocycles. The Bertz CT molecular complexity index is 852. The molecule has 4 rings (SSSR count). The Morgan fingerprint density at radius 1 is 1.10 bits per heavy atom. The number of benzene rings is 1. The molecule has 0 saturated carbocycles. The van der Waals surface area contributed by atoms with Crippen LogP contribution in [0, 0.1) is 0 Å². The summed E-state index contributed by atoms with van der Waals surface area (Å²) in [5.74, 6) is -1.83. The quantitative estimate of drug-likeness (QED) is 0.688. The highest BCUT2D eigenvalue weighted by Gasteiger charge is 2.45. The molecule has 8 heteroatoms. The van der Waals surface area contributed by atoms with Gasteiger partial charge in [-0.3, -0.25) is 34.3 Å². The normalized spacial score (nSPS) is 22.7. The highest BCUT2D eigenvalue weighted by molar-refractivity contribution is 6.23. The summed E-state index contributed by atoms with van der Waals surface area (Å²) >= 11 is 0. The molecule has 8 nitrogen and oxygen atoms in total. The number of nitrogens with zero attached hydrogens (tertiary/aromatic N) is 2. The Labute approximate surface area is 169 Å². The van der Waals surface area contributed by atoms with Crippen LogP contribution >= 0.6 is 0 Å². The van der Waals surface area contributed by atoms with E-state index in [4.69, 9.17) is 0 Å². The van der Waals surface area contributed by atoms with Crippen molar-refractivity contribution in [1.29, 1.82) is 0 Å². The minimum atomic E-state index is -0.919. The lowest BCUT2D eigenvalue weighted by Gasteiger charge is -2.27. The highest BCUT2D eigenvalue weighted by atomic mass is 16.2. The zero-order valence-electron chi connectivity index (χ0n) is 16.8. The van der Waals surface area contributed by atoms with Crippen molar-refractivity contribution in [1.82, 2.24) is 20.4 Å². The molecule has 4 amide bonds. The third-order valence-corrected chi connectivity index (χ3v) is 6.22. The molecule has 1 aromatic rings. The zero-order valence-corrected chi connectivity index (χ0v) is 16.8. The van der Waals surface area contributed by atoms with Gasteiger partial charge in [-0.2, -0.15) is 0 Å². The summed E-state index contributed by atoms with van der Waals surface area (Å²) in [7, 11) is 1.95. The minimum absolute atomic E-state index is 0.125. The van der Waals surface area contributed by atoms with E-state index in [2.05, 4.69) is 22.5 Å². The molecule has 29 heavy (non-hydrogen) atoms. The average Bonchev–Trinajstić information content (AvgIpc) is 3.21. The fraction of sp³-hybridized carbons (Fsp3) is 0.524. The van der Waals surface area contributed by atoms with Crippen molar-refractivity contribution in [3.63, 3.8) is 0 Å². The predicted molar refractivity (Wildman–Crippen MR) is 105 cm³/mol. The average molecular weight is 398 g/mol. The molecular formula is C21H26N4O4. The first-order valence-electron chi connectivity index (χ1n) is 10.2. The number of carbonyl (C=O) groups excluding carboxylic acids is 4. The fourth-order valence-corrected chi connectivity index (χ4v) is 4.61.